The molecule has 23 heavy (non-hydrogen) atoms. The Labute approximate surface area is 138 Å². The molecule has 2 aromatic heterocycles. The first-order valence-corrected chi connectivity index (χ1v) is 7.71. The van der Waals surface area contributed by atoms with Crippen LogP contribution in [0.5, 0.6) is 0 Å². The van der Waals surface area contributed by atoms with Crippen molar-refractivity contribution in [2.75, 3.05) is 37.7 Å². The first-order valence-electron chi connectivity index (χ1n) is 7.33. The minimum atomic E-state index is -0.313. The predicted molar refractivity (Wildman–Crippen MR) is 84.6 cm³/mol. The van der Waals surface area contributed by atoms with Gasteiger partial charge in [0.25, 0.3) is 5.91 Å². The highest BCUT2D eigenvalue weighted by Crippen LogP contribution is 2.17. The summed E-state index contributed by atoms with van der Waals surface area (Å²) < 4.78 is 7.18. The number of amides is 1. The molecule has 1 N–H and O–H groups in total. The van der Waals surface area contributed by atoms with Gasteiger partial charge in [-0.15, -0.1) is 0 Å². The van der Waals surface area contributed by atoms with Crippen LogP contribution in [0.3, 0.4) is 0 Å². The Morgan fingerprint density at radius 3 is 2.96 bits per heavy atom. The lowest BCUT2D eigenvalue weighted by Crippen LogP contribution is -2.38. The van der Waals surface area contributed by atoms with Crippen LogP contribution in [0.4, 0.5) is 5.95 Å². The molecule has 2 aromatic rings. The Kier molecular flexibility index (Phi) is 5.04. The van der Waals surface area contributed by atoms with E-state index in [1.165, 1.54) is 6.20 Å². The lowest BCUT2D eigenvalue weighted by Gasteiger charge is -2.26. The molecule has 0 bridgehead atoms. The highest BCUT2D eigenvalue weighted by molar-refractivity contribution is 6.33. The molecular weight excluding hydrogens is 320 g/mol. The molecule has 0 spiro atoms. The van der Waals surface area contributed by atoms with Crippen molar-refractivity contribution in [3.05, 3.63) is 35.6 Å². The molecule has 0 radical (unpaired) electrons. The summed E-state index contributed by atoms with van der Waals surface area (Å²) in [4.78, 5) is 26.7. The van der Waals surface area contributed by atoms with Gasteiger partial charge in [-0.1, -0.05) is 11.6 Å². The Balaban J connectivity index is 1.64. The molecule has 8 nitrogen and oxygen atoms in total. The molecular formula is C14H17ClN6O2. The molecule has 0 saturated carbocycles. The molecule has 0 aliphatic carbocycles. The monoisotopic (exact) mass is 336 g/mol. The van der Waals surface area contributed by atoms with Crippen LogP contribution >= 0.6 is 11.6 Å². The minimum Gasteiger partial charge on any atom is -0.378 e. The number of hydrogen-bond acceptors (Lipinski definition) is 6. The second kappa shape index (κ2) is 7.38. The van der Waals surface area contributed by atoms with E-state index in [9.17, 15) is 4.79 Å². The number of rotatable bonds is 5. The number of nitrogens with one attached hydrogen (secondary N) is 1. The van der Waals surface area contributed by atoms with Gasteiger partial charge in [0.05, 0.1) is 30.8 Å². The van der Waals surface area contributed by atoms with Gasteiger partial charge >= 0.3 is 0 Å². The number of anilines is 1. The number of carbonyl (C=O) groups is 1. The van der Waals surface area contributed by atoms with E-state index < -0.39 is 0 Å². The number of carbonyl (C=O) groups excluding carboxylic acids is 1. The Hall–Kier alpha value is -2.19. The zero-order chi connectivity index (χ0) is 16.1. The maximum atomic E-state index is 12.3. The molecule has 3 rings (SSSR count). The van der Waals surface area contributed by atoms with Gasteiger partial charge in [-0.3, -0.25) is 4.79 Å². The topological polar surface area (TPSA) is 85.2 Å². The normalized spacial score (nSPS) is 14.7. The van der Waals surface area contributed by atoms with Crippen LogP contribution in [0.1, 0.15) is 10.5 Å². The molecule has 1 fully saturated rings. The van der Waals surface area contributed by atoms with Crippen LogP contribution in [0.15, 0.2) is 24.9 Å². The minimum absolute atomic E-state index is 0.189. The highest BCUT2D eigenvalue weighted by Gasteiger charge is 2.18. The Bertz CT molecular complexity index is 657. The zero-order valence-corrected chi connectivity index (χ0v) is 13.2. The SMILES string of the molecule is O=C(NCCn1ccnc1)c1nc(N2CCOCC2)ncc1Cl. The standard InChI is InChI=1S/C14H17ClN6O2/c15-11-9-18-14(21-5-7-23-8-6-21)19-12(11)13(22)17-2-4-20-3-1-16-10-20/h1,3,9-10H,2,4-8H2,(H,17,22). The van der Waals surface area contributed by atoms with Crippen molar-refractivity contribution >= 4 is 23.5 Å². The number of nitrogens with zero attached hydrogens (tertiary/aromatic N) is 5. The van der Waals surface area contributed by atoms with E-state index in [2.05, 4.69) is 20.3 Å². The summed E-state index contributed by atoms with van der Waals surface area (Å²) in [5.41, 5.74) is 0.189. The summed E-state index contributed by atoms with van der Waals surface area (Å²) in [6.07, 6.45) is 6.68. The molecule has 0 unspecified atom stereocenters. The fraction of sp³-hybridized carbons (Fsp3) is 0.429. The summed E-state index contributed by atoms with van der Waals surface area (Å²) in [6, 6.07) is 0. The first-order chi connectivity index (χ1) is 11.2. The Morgan fingerprint density at radius 2 is 2.22 bits per heavy atom. The number of aromatic nitrogens is 4. The molecule has 122 valence electrons. The summed E-state index contributed by atoms with van der Waals surface area (Å²) in [7, 11) is 0. The number of hydrogen-bond donors (Lipinski definition) is 1. The molecule has 1 saturated heterocycles. The van der Waals surface area contributed by atoms with E-state index >= 15 is 0 Å². The van der Waals surface area contributed by atoms with Crippen LogP contribution in [-0.4, -0.2) is 58.3 Å². The lowest BCUT2D eigenvalue weighted by atomic mass is 10.3. The van der Waals surface area contributed by atoms with Crippen molar-refractivity contribution in [1.82, 2.24) is 24.8 Å². The van der Waals surface area contributed by atoms with Gasteiger partial charge in [0.1, 0.15) is 0 Å². The highest BCUT2D eigenvalue weighted by atomic mass is 35.5. The number of imidazole rings is 1. The van der Waals surface area contributed by atoms with Crippen molar-refractivity contribution in [2.45, 2.75) is 6.54 Å². The van der Waals surface area contributed by atoms with E-state index in [0.717, 1.165) is 0 Å². The summed E-state index contributed by atoms with van der Waals surface area (Å²) in [5.74, 6) is 0.185. The molecule has 1 aliphatic rings. The third-order valence-corrected chi connectivity index (χ3v) is 3.73. The van der Waals surface area contributed by atoms with E-state index in [4.69, 9.17) is 16.3 Å². The number of ether oxygens (including phenoxy) is 1. The van der Waals surface area contributed by atoms with E-state index in [1.807, 2.05) is 15.7 Å². The zero-order valence-electron chi connectivity index (χ0n) is 12.5. The van der Waals surface area contributed by atoms with Crippen molar-refractivity contribution in [2.24, 2.45) is 0 Å². The van der Waals surface area contributed by atoms with Gasteiger partial charge in [-0.2, -0.15) is 0 Å². The smallest absolute Gasteiger partial charge is 0.271 e. The van der Waals surface area contributed by atoms with Gasteiger partial charge in [0.15, 0.2) is 5.69 Å². The molecule has 3 heterocycles. The van der Waals surface area contributed by atoms with Gasteiger partial charge < -0.3 is 19.5 Å². The second-order valence-corrected chi connectivity index (χ2v) is 5.43. The Morgan fingerprint density at radius 1 is 1.39 bits per heavy atom. The van der Waals surface area contributed by atoms with Gasteiger partial charge in [-0.05, 0) is 0 Å². The molecule has 0 aromatic carbocycles. The predicted octanol–water partition coefficient (Wildman–Crippen LogP) is 0.593. The molecule has 0 atom stereocenters. The molecule has 1 aliphatic heterocycles. The van der Waals surface area contributed by atoms with Crippen LogP contribution in [0, 0.1) is 0 Å². The summed E-state index contributed by atoms with van der Waals surface area (Å²) in [6.45, 7) is 3.73. The largest absolute Gasteiger partial charge is 0.378 e. The lowest BCUT2D eigenvalue weighted by molar-refractivity contribution is 0.0947. The van der Waals surface area contributed by atoms with E-state index in [-0.39, 0.29) is 16.6 Å². The number of morpholine rings is 1. The average Bonchev–Trinajstić information content (AvgIpc) is 3.09. The maximum Gasteiger partial charge on any atom is 0.271 e. The van der Waals surface area contributed by atoms with Gasteiger partial charge in [0, 0.05) is 38.6 Å². The fourth-order valence-corrected chi connectivity index (χ4v) is 2.41. The van der Waals surface area contributed by atoms with Crippen LogP contribution in [0.2, 0.25) is 5.02 Å². The quantitative estimate of drug-likeness (QED) is 0.860. The van der Waals surface area contributed by atoms with E-state index in [1.54, 1.807) is 12.5 Å². The van der Waals surface area contributed by atoms with E-state index in [0.29, 0.717) is 45.3 Å². The van der Waals surface area contributed by atoms with Crippen molar-refractivity contribution < 1.29 is 9.53 Å². The van der Waals surface area contributed by atoms with Crippen LogP contribution in [0.25, 0.3) is 0 Å². The first kappa shape index (κ1) is 15.7. The third kappa shape index (κ3) is 3.96. The van der Waals surface area contributed by atoms with Gasteiger partial charge in [0.2, 0.25) is 5.95 Å². The fourth-order valence-electron chi connectivity index (χ4n) is 2.23. The molecule has 9 heteroatoms. The van der Waals surface area contributed by atoms with Crippen molar-refractivity contribution in [1.29, 1.82) is 0 Å². The van der Waals surface area contributed by atoms with Crippen LogP contribution in [-0.2, 0) is 11.3 Å². The third-order valence-electron chi connectivity index (χ3n) is 3.46. The summed E-state index contributed by atoms with van der Waals surface area (Å²) in [5, 5.41) is 3.04. The summed E-state index contributed by atoms with van der Waals surface area (Å²) >= 11 is 6.06. The van der Waals surface area contributed by atoms with Crippen LogP contribution < -0.4 is 10.2 Å². The van der Waals surface area contributed by atoms with Crippen molar-refractivity contribution in [3.8, 4) is 0 Å². The second-order valence-electron chi connectivity index (χ2n) is 5.02. The average molecular weight is 337 g/mol. The molecule has 1 amide bonds. The maximum absolute atomic E-state index is 12.3. The number of halogens is 1. The van der Waals surface area contributed by atoms with Gasteiger partial charge in [-0.25, -0.2) is 15.0 Å². The van der Waals surface area contributed by atoms with Crippen molar-refractivity contribution in [3.63, 3.8) is 0 Å².